The average Bonchev–Trinajstić information content (AvgIpc) is 2.38. The molecule has 2 aromatic carbocycles. The Kier molecular flexibility index (Phi) is 3.79. The predicted molar refractivity (Wildman–Crippen MR) is 79.8 cm³/mol. The molecule has 0 unspecified atom stereocenters. The highest BCUT2D eigenvalue weighted by Crippen LogP contribution is 2.27. The van der Waals surface area contributed by atoms with Crippen LogP contribution < -0.4 is 5.73 Å². The summed E-state index contributed by atoms with van der Waals surface area (Å²) in [6, 6.07) is 11.6. The molecule has 0 heterocycles. The number of carbonyl (C=O) groups excluding carboxylic acids is 1. The molecular formula is C13H9IN2O3. The van der Waals surface area contributed by atoms with Crippen LogP contribution >= 0.6 is 22.6 Å². The minimum absolute atomic E-state index is 0.149. The van der Waals surface area contributed by atoms with Gasteiger partial charge in [-0.05, 0) is 51.9 Å². The van der Waals surface area contributed by atoms with E-state index in [-0.39, 0.29) is 11.3 Å². The number of hydrogen-bond donors (Lipinski definition) is 1. The molecule has 2 N–H and O–H groups in total. The quantitative estimate of drug-likeness (QED) is 0.514. The third kappa shape index (κ3) is 2.90. The third-order valence-corrected chi connectivity index (χ3v) is 3.35. The zero-order valence-electron chi connectivity index (χ0n) is 9.67. The summed E-state index contributed by atoms with van der Waals surface area (Å²) in [6.07, 6.45) is 0. The van der Waals surface area contributed by atoms with Crippen LogP contribution in [0.1, 0.15) is 10.4 Å². The molecule has 0 radical (unpaired) electrons. The molecule has 1 amide bonds. The number of nitro benzene ring substituents is 1. The molecule has 0 aliphatic heterocycles. The van der Waals surface area contributed by atoms with Gasteiger partial charge in [0.05, 0.1) is 10.5 Å². The first-order valence-electron chi connectivity index (χ1n) is 5.33. The number of benzene rings is 2. The molecule has 0 saturated heterocycles. The van der Waals surface area contributed by atoms with Crippen molar-refractivity contribution in [2.75, 3.05) is 0 Å². The Labute approximate surface area is 122 Å². The molecule has 6 heteroatoms. The molecule has 96 valence electrons. The first kappa shape index (κ1) is 13.5. The van der Waals surface area contributed by atoms with Gasteiger partial charge in [0.1, 0.15) is 0 Å². The van der Waals surface area contributed by atoms with Crippen LogP contribution in [-0.4, -0.2) is 10.8 Å². The largest absolute Gasteiger partial charge is 0.366 e. The zero-order valence-corrected chi connectivity index (χ0v) is 11.8. The standard InChI is InChI=1S/C13H9IN2O3/c14-9-3-1-8(2-4-9)11-6-5-10(16(18)19)7-12(11)13(15)17/h1-7H,(H2,15,17). The van der Waals surface area contributed by atoms with Gasteiger partial charge >= 0.3 is 0 Å². The Morgan fingerprint density at radius 1 is 1.16 bits per heavy atom. The Hall–Kier alpha value is -1.96. The van der Waals surface area contributed by atoms with Crippen LogP contribution in [0, 0.1) is 13.7 Å². The predicted octanol–water partition coefficient (Wildman–Crippen LogP) is 2.97. The summed E-state index contributed by atoms with van der Waals surface area (Å²) in [5, 5.41) is 10.7. The minimum atomic E-state index is -0.683. The summed E-state index contributed by atoms with van der Waals surface area (Å²) in [6.45, 7) is 0. The normalized spacial score (nSPS) is 10.2. The Balaban J connectivity index is 2.59. The number of nitrogens with zero attached hydrogens (tertiary/aromatic N) is 1. The summed E-state index contributed by atoms with van der Waals surface area (Å²) < 4.78 is 1.06. The van der Waals surface area contributed by atoms with Gasteiger partial charge in [0.15, 0.2) is 0 Å². The Morgan fingerprint density at radius 2 is 1.79 bits per heavy atom. The van der Waals surface area contributed by atoms with Crippen LogP contribution in [0.4, 0.5) is 5.69 Å². The van der Waals surface area contributed by atoms with Crippen molar-refractivity contribution < 1.29 is 9.72 Å². The maximum Gasteiger partial charge on any atom is 0.270 e. The third-order valence-electron chi connectivity index (χ3n) is 2.63. The van der Waals surface area contributed by atoms with E-state index < -0.39 is 10.8 Å². The van der Waals surface area contributed by atoms with Crippen molar-refractivity contribution in [1.29, 1.82) is 0 Å². The van der Waals surface area contributed by atoms with Gasteiger partial charge in [-0.2, -0.15) is 0 Å². The number of nitrogens with two attached hydrogens (primary N) is 1. The van der Waals surface area contributed by atoms with E-state index in [0.29, 0.717) is 5.56 Å². The van der Waals surface area contributed by atoms with Gasteiger partial charge in [0, 0.05) is 15.7 Å². The number of rotatable bonds is 3. The molecule has 0 fully saturated rings. The van der Waals surface area contributed by atoms with E-state index in [1.54, 1.807) is 6.07 Å². The van der Waals surface area contributed by atoms with Gasteiger partial charge in [-0.15, -0.1) is 0 Å². The van der Waals surface area contributed by atoms with E-state index in [2.05, 4.69) is 22.6 Å². The minimum Gasteiger partial charge on any atom is -0.366 e. The summed E-state index contributed by atoms with van der Waals surface area (Å²) in [5.74, 6) is -0.683. The fourth-order valence-corrected chi connectivity index (χ4v) is 2.09. The molecule has 0 spiro atoms. The number of halogens is 1. The smallest absolute Gasteiger partial charge is 0.270 e. The number of hydrogen-bond acceptors (Lipinski definition) is 3. The number of carbonyl (C=O) groups is 1. The fraction of sp³-hybridized carbons (Fsp3) is 0. The highest BCUT2D eigenvalue weighted by Gasteiger charge is 2.15. The molecule has 19 heavy (non-hydrogen) atoms. The SMILES string of the molecule is NC(=O)c1cc([N+](=O)[O-])ccc1-c1ccc(I)cc1. The lowest BCUT2D eigenvalue weighted by Crippen LogP contribution is -2.12. The lowest BCUT2D eigenvalue weighted by atomic mass is 9.99. The maximum atomic E-state index is 11.4. The van der Waals surface area contributed by atoms with E-state index in [4.69, 9.17) is 5.73 Å². The summed E-state index contributed by atoms with van der Waals surface area (Å²) in [4.78, 5) is 21.6. The van der Waals surface area contributed by atoms with Crippen LogP contribution in [-0.2, 0) is 0 Å². The van der Waals surface area contributed by atoms with Crippen molar-refractivity contribution in [3.63, 3.8) is 0 Å². The van der Waals surface area contributed by atoms with E-state index in [1.807, 2.05) is 24.3 Å². The topological polar surface area (TPSA) is 86.2 Å². The average molecular weight is 368 g/mol. The van der Waals surface area contributed by atoms with Crippen LogP contribution in [0.3, 0.4) is 0 Å². The zero-order chi connectivity index (χ0) is 14.0. The van der Waals surface area contributed by atoms with Crippen molar-refractivity contribution in [2.45, 2.75) is 0 Å². The van der Waals surface area contributed by atoms with Gasteiger partial charge in [0.2, 0.25) is 5.91 Å². The van der Waals surface area contributed by atoms with Gasteiger partial charge in [-0.25, -0.2) is 0 Å². The van der Waals surface area contributed by atoms with Crippen LogP contribution in [0.25, 0.3) is 11.1 Å². The van der Waals surface area contributed by atoms with Crippen molar-refractivity contribution in [2.24, 2.45) is 5.73 Å². The van der Waals surface area contributed by atoms with Crippen molar-refractivity contribution in [3.05, 3.63) is 61.7 Å². The second-order valence-corrected chi connectivity index (χ2v) is 5.10. The highest BCUT2D eigenvalue weighted by molar-refractivity contribution is 14.1. The lowest BCUT2D eigenvalue weighted by molar-refractivity contribution is -0.384. The summed E-state index contributed by atoms with van der Waals surface area (Å²) in [5.41, 5.74) is 6.67. The van der Waals surface area contributed by atoms with Gasteiger partial charge in [-0.3, -0.25) is 14.9 Å². The lowest BCUT2D eigenvalue weighted by Gasteiger charge is -2.07. The molecule has 0 aromatic heterocycles. The van der Waals surface area contributed by atoms with Crippen molar-refractivity contribution in [3.8, 4) is 11.1 Å². The molecule has 5 nitrogen and oxygen atoms in total. The van der Waals surface area contributed by atoms with E-state index in [1.165, 1.54) is 12.1 Å². The first-order chi connectivity index (χ1) is 8.99. The number of nitro groups is 1. The molecule has 0 aliphatic rings. The number of non-ortho nitro benzene ring substituents is 1. The summed E-state index contributed by atoms with van der Waals surface area (Å²) >= 11 is 2.17. The second-order valence-electron chi connectivity index (χ2n) is 3.86. The molecule has 0 saturated carbocycles. The number of primary amides is 1. The van der Waals surface area contributed by atoms with Crippen molar-refractivity contribution in [1.82, 2.24) is 0 Å². The molecule has 0 aliphatic carbocycles. The van der Waals surface area contributed by atoms with Crippen LogP contribution in [0.2, 0.25) is 0 Å². The van der Waals surface area contributed by atoms with Crippen LogP contribution in [0.5, 0.6) is 0 Å². The monoisotopic (exact) mass is 368 g/mol. The fourth-order valence-electron chi connectivity index (χ4n) is 1.73. The van der Waals surface area contributed by atoms with Gasteiger partial charge < -0.3 is 5.73 Å². The van der Waals surface area contributed by atoms with E-state index >= 15 is 0 Å². The maximum absolute atomic E-state index is 11.4. The molecule has 0 atom stereocenters. The van der Waals surface area contributed by atoms with E-state index in [9.17, 15) is 14.9 Å². The molecule has 2 aromatic rings. The molecular weight excluding hydrogens is 359 g/mol. The Bertz CT molecular complexity index is 653. The molecule has 2 rings (SSSR count). The first-order valence-corrected chi connectivity index (χ1v) is 6.41. The number of amides is 1. The highest BCUT2D eigenvalue weighted by atomic mass is 127. The van der Waals surface area contributed by atoms with Gasteiger partial charge in [-0.1, -0.05) is 12.1 Å². The Morgan fingerprint density at radius 3 is 2.32 bits per heavy atom. The van der Waals surface area contributed by atoms with E-state index in [0.717, 1.165) is 9.13 Å². The van der Waals surface area contributed by atoms with Gasteiger partial charge in [0.25, 0.3) is 5.69 Å². The second kappa shape index (κ2) is 5.35. The summed E-state index contributed by atoms with van der Waals surface area (Å²) in [7, 11) is 0. The van der Waals surface area contributed by atoms with Crippen LogP contribution in [0.15, 0.2) is 42.5 Å². The van der Waals surface area contributed by atoms with Crippen molar-refractivity contribution >= 4 is 34.2 Å². The molecule has 0 bridgehead atoms.